The number of amides is 3. The highest BCUT2D eigenvalue weighted by Crippen LogP contribution is 2.53. The van der Waals surface area contributed by atoms with Gasteiger partial charge < -0.3 is 10.1 Å². The maximum absolute atomic E-state index is 13.5. The Morgan fingerprint density at radius 2 is 2.03 bits per heavy atom. The number of anilines is 1. The van der Waals surface area contributed by atoms with Gasteiger partial charge in [-0.15, -0.1) is 0 Å². The number of likely N-dealkylation sites (tertiary alicyclic amines) is 1. The second kappa shape index (κ2) is 7.74. The van der Waals surface area contributed by atoms with E-state index in [1.54, 1.807) is 18.9 Å². The number of carbonyl (C=O) groups is 3. The van der Waals surface area contributed by atoms with Gasteiger partial charge in [0.15, 0.2) is 0 Å². The molecule has 29 heavy (non-hydrogen) atoms. The van der Waals surface area contributed by atoms with E-state index in [-0.39, 0.29) is 23.8 Å². The molecule has 1 aromatic carbocycles. The van der Waals surface area contributed by atoms with Crippen LogP contribution in [0, 0.1) is 18.8 Å². The Kier molecular flexibility index (Phi) is 5.44. The Labute approximate surface area is 174 Å². The molecule has 7 nitrogen and oxygen atoms in total. The summed E-state index contributed by atoms with van der Waals surface area (Å²) in [5.41, 5.74) is 1.33. The largest absolute Gasteiger partial charge is 0.385 e. The van der Waals surface area contributed by atoms with E-state index in [9.17, 15) is 14.4 Å². The number of methoxy groups -OCH3 is 1. The molecule has 3 aliphatic heterocycles. The molecule has 8 heteroatoms. The van der Waals surface area contributed by atoms with Gasteiger partial charge >= 0.3 is 0 Å². The van der Waals surface area contributed by atoms with Crippen molar-refractivity contribution in [2.24, 2.45) is 11.8 Å². The molecule has 2 saturated heterocycles. The zero-order valence-electron chi connectivity index (χ0n) is 17.0. The minimum Gasteiger partial charge on any atom is -0.385 e. The normalized spacial score (nSPS) is 30.2. The second-order valence-electron chi connectivity index (χ2n) is 8.02. The predicted molar refractivity (Wildman–Crippen MR) is 112 cm³/mol. The molecule has 3 heterocycles. The predicted octanol–water partition coefficient (Wildman–Crippen LogP) is 1.51. The monoisotopic (exact) mass is 417 g/mol. The third kappa shape index (κ3) is 3.00. The number of carbonyl (C=O) groups excluding carboxylic acids is 3. The minimum absolute atomic E-state index is 0.166. The molecule has 0 saturated carbocycles. The van der Waals surface area contributed by atoms with Crippen molar-refractivity contribution in [2.45, 2.75) is 31.3 Å². The average molecular weight is 418 g/mol. The number of rotatable bonds is 7. The molecule has 0 aliphatic carbocycles. The van der Waals surface area contributed by atoms with Crippen LogP contribution in [0.3, 0.4) is 0 Å². The van der Waals surface area contributed by atoms with Gasteiger partial charge in [-0.05, 0) is 37.8 Å². The summed E-state index contributed by atoms with van der Waals surface area (Å²) in [5, 5.41) is 6.41. The van der Waals surface area contributed by atoms with Crippen LogP contribution in [0.1, 0.15) is 24.0 Å². The third-order valence-corrected chi connectivity index (χ3v) is 6.97. The van der Waals surface area contributed by atoms with Crippen molar-refractivity contribution in [2.75, 3.05) is 37.6 Å². The molecular weight excluding hydrogens is 390 g/mol. The van der Waals surface area contributed by atoms with E-state index in [4.69, 9.17) is 4.74 Å². The van der Waals surface area contributed by atoms with Gasteiger partial charge in [-0.25, -0.2) is 0 Å². The number of nitrogens with one attached hydrogen (secondary N) is 2. The number of fused-ring (bicyclic) bond motifs is 4. The average Bonchev–Trinajstić information content (AvgIpc) is 3.27. The summed E-state index contributed by atoms with van der Waals surface area (Å²) in [4.78, 5) is 41.3. The number of imide groups is 1. The first-order valence-corrected chi connectivity index (χ1v) is 11.4. The molecule has 156 valence electrons. The van der Waals surface area contributed by atoms with Crippen LogP contribution in [-0.2, 0) is 24.7 Å². The van der Waals surface area contributed by atoms with Gasteiger partial charge in [0.1, 0.15) is 5.54 Å². The molecule has 4 unspecified atom stereocenters. The first kappa shape index (κ1) is 20.4. The summed E-state index contributed by atoms with van der Waals surface area (Å²) in [7, 11) is 1.60. The molecule has 4 atom stereocenters. The lowest BCUT2D eigenvalue weighted by atomic mass is 9.76. The molecule has 0 bridgehead atoms. The van der Waals surface area contributed by atoms with Gasteiger partial charge in [0.2, 0.25) is 17.7 Å². The molecular formula is C21H27N3O4S. The third-order valence-electron chi connectivity index (χ3n) is 6.32. The lowest BCUT2D eigenvalue weighted by Crippen LogP contribution is -2.53. The van der Waals surface area contributed by atoms with Crippen LogP contribution in [0.15, 0.2) is 18.2 Å². The Bertz CT molecular complexity index is 860. The molecule has 1 spiro atoms. The van der Waals surface area contributed by atoms with E-state index in [0.717, 1.165) is 29.0 Å². The zero-order valence-corrected chi connectivity index (χ0v) is 17.8. The Hall–Kier alpha value is -1.90. The number of thioether (sulfide) groups is 1. The fourth-order valence-corrected chi connectivity index (χ4v) is 5.55. The van der Waals surface area contributed by atoms with Crippen LogP contribution in [0.4, 0.5) is 5.69 Å². The standard InChI is InChI=1S/C21H27N3O4S/c1-12-5-6-14-13(11-12)21(20(27)22-14)17-16(15(23-21)7-10-29-3)18(25)24(19(17)26)8-4-9-28-2/h5-6,11,15-17,23H,4,7-10H2,1-3H3,(H,22,27). The Morgan fingerprint density at radius 3 is 2.76 bits per heavy atom. The number of nitrogens with zero attached hydrogens (tertiary/aromatic N) is 1. The molecule has 1 aromatic rings. The topological polar surface area (TPSA) is 87.7 Å². The van der Waals surface area contributed by atoms with Gasteiger partial charge in [-0.1, -0.05) is 17.7 Å². The minimum atomic E-state index is -1.18. The van der Waals surface area contributed by atoms with Crippen LogP contribution in [0.25, 0.3) is 0 Å². The van der Waals surface area contributed by atoms with Gasteiger partial charge in [0, 0.05) is 37.6 Å². The molecule has 2 N–H and O–H groups in total. The van der Waals surface area contributed by atoms with Gasteiger partial charge in [-0.2, -0.15) is 11.8 Å². The van der Waals surface area contributed by atoms with Crippen molar-refractivity contribution in [3.8, 4) is 0 Å². The first-order valence-electron chi connectivity index (χ1n) is 9.99. The Morgan fingerprint density at radius 1 is 1.24 bits per heavy atom. The maximum Gasteiger partial charge on any atom is 0.250 e. The SMILES string of the molecule is COCCCN1C(=O)C2C(CCSC)NC3(C(=O)Nc4ccc(C)cc43)C2C1=O. The highest BCUT2D eigenvalue weighted by molar-refractivity contribution is 7.98. The molecule has 0 aromatic heterocycles. The highest BCUT2D eigenvalue weighted by atomic mass is 32.2. The quantitative estimate of drug-likeness (QED) is 0.517. The molecule has 2 fully saturated rings. The number of ether oxygens (including phenoxy) is 1. The van der Waals surface area contributed by atoms with Crippen LogP contribution in [0.5, 0.6) is 0 Å². The summed E-state index contributed by atoms with van der Waals surface area (Å²) in [6.45, 7) is 2.77. The van der Waals surface area contributed by atoms with Crippen LogP contribution >= 0.6 is 11.8 Å². The number of hydrogen-bond acceptors (Lipinski definition) is 6. The van der Waals surface area contributed by atoms with E-state index in [1.807, 2.05) is 31.4 Å². The van der Waals surface area contributed by atoms with Gasteiger partial charge in [0.05, 0.1) is 11.8 Å². The summed E-state index contributed by atoms with van der Waals surface area (Å²) < 4.78 is 5.08. The van der Waals surface area contributed by atoms with E-state index in [0.29, 0.717) is 19.6 Å². The van der Waals surface area contributed by atoms with Gasteiger partial charge in [0.25, 0.3) is 0 Å². The Balaban J connectivity index is 1.77. The van der Waals surface area contributed by atoms with Crippen molar-refractivity contribution in [3.05, 3.63) is 29.3 Å². The fourth-order valence-electron chi connectivity index (χ4n) is 5.06. The zero-order chi connectivity index (χ0) is 20.8. The van der Waals surface area contributed by atoms with Crippen LogP contribution < -0.4 is 10.6 Å². The van der Waals surface area contributed by atoms with E-state index in [1.165, 1.54) is 4.90 Å². The van der Waals surface area contributed by atoms with Crippen molar-refractivity contribution >= 4 is 35.2 Å². The second-order valence-corrected chi connectivity index (χ2v) is 9.01. The molecule has 3 amide bonds. The number of benzene rings is 1. The lowest BCUT2D eigenvalue weighted by Gasteiger charge is -2.29. The summed E-state index contributed by atoms with van der Waals surface area (Å²) in [6.07, 6.45) is 3.33. The molecule has 3 aliphatic rings. The van der Waals surface area contributed by atoms with Crippen LogP contribution in [0.2, 0.25) is 0 Å². The van der Waals surface area contributed by atoms with Crippen molar-refractivity contribution in [3.63, 3.8) is 0 Å². The lowest BCUT2D eigenvalue weighted by molar-refractivity contribution is -0.143. The van der Waals surface area contributed by atoms with Crippen molar-refractivity contribution in [1.82, 2.24) is 10.2 Å². The highest BCUT2D eigenvalue weighted by Gasteiger charge is 2.70. The van der Waals surface area contributed by atoms with Crippen LogP contribution in [-0.4, -0.2) is 60.9 Å². The summed E-state index contributed by atoms with van der Waals surface area (Å²) in [6, 6.07) is 5.56. The van der Waals surface area contributed by atoms with Crippen molar-refractivity contribution < 1.29 is 19.1 Å². The summed E-state index contributed by atoms with van der Waals surface area (Å²) >= 11 is 1.70. The molecule has 4 rings (SSSR count). The van der Waals surface area contributed by atoms with Gasteiger partial charge in [-0.3, -0.25) is 24.6 Å². The molecule has 0 radical (unpaired) electrons. The van der Waals surface area contributed by atoms with Crippen molar-refractivity contribution in [1.29, 1.82) is 0 Å². The van der Waals surface area contributed by atoms with E-state index >= 15 is 0 Å². The first-order chi connectivity index (χ1) is 14.0. The number of hydrogen-bond donors (Lipinski definition) is 2. The fraction of sp³-hybridized carbons (Fsp3) is 0.571. The maximum atomic E-state index is 13.5. The van der Waals surface area contributed by atoms with E-state index < -0.39 is 17.4 Å². The van der Waals surface area contributed by atoms with E-state index in [2.05, 4.69) is 10.6 Å². The smallest absolute Gasteiger partial charge is 0.250 e. The summed E-state index contributed by atoms with van der Waals surface area (Å²) in [5.74, 6) is -1.04. The number of aryl methyl sites for hydroxylation is 1.